The zero-order chi connectivity index (χ0) is 10.2. The summed E-state index contributed by atoms with van der Waals surface area (Å²) in [6.07, 6.45) is 1.38. The molecule has 0 fully saturated rings. The molecule has 2 heteroatoms. The molecule has 0 amide bonds. The van der Waals surface area contributed by atoms with Crippen molar-refractivity contribution in [3.05, 3.63) is 35.9 Å². The van der Waals surface area contributed by atoms with Crippen LogP contribution in [0.3, 0.4) is 0 Å². The summed E-state index contributed by atoms with van der Waals surface area (Å²) >= 11 is 0. The van der Waals surface area contributed by atoms with Gasteiger partial charge in [-0.1, -0.05) is 30.3 Å². The lowest BCUT2D eigenvalue weighted by Gasteiger charge is -2.15. The lowest BCUT2D eigenvalue weighted by atomic mass is 10.1. The smallest absolute Gasteiger partial charge is 0.0834 e. The number of nitriles is 1. The normalized spacial score (nSPS) is 12.0. The Kier molecular flexibility index (Phi) is 4.74. The number of nitrogens with zero attached hydrogens (tertiary/aromatic N) is 1. The highest BCUT2D eigenvalue weighted by Gasteiger charge is 2.09. The van der Waals surface area contributed by atoms with Gasteiger partial charge in [0.25, 0.3) is 0 Å². The topological polar surface area (TPSA) is 33.0 Å². The van der Waals surface area contributed by atoms with E-state index in [1.54, 1.807) is 0 Å². The molecule has 0 bridgehead atoms. The van der Waals surface area contributed by atoms with Crippen LogP contribution in [0.1, 0.15) is 31.4 Å². The Balaban J connectivity index is 2.63. The Morgan fingerprint density at radius 1 is 1.36 bits per heavy atom. The van der Waals surface area contributed by atoms with Crippen LogP contribution in [0.4, 0.5) is 0 Å². The first-order valence-corrected chi connectivity index (χ1v) is 4.92. The van der Waals surface area contributed by atoms with Crippen LogP contribution in [0.25, 0.3) is 0 Å². The van der Waals surface area contributed by atoms with E-state index in [1.165, 1.54) is 0 Å². The van der Waals surface area contributed by atoms with Gasteiger partial charge in [0.1, 0.15) is 0 Å². The van der Waals surface area contributed by atoms with Crippen LogP contribution in [0, 0.1) is 11.3 Å². The van der Waals surface area contributed by atoms with E-state index < -0.39 is 0 Å². The summed E-state index contributed by atoms with van der Waals surface area (Å²) in [6, 6.07) is 12.2. The summed E-state index contributed by atoms with van der Waals surface area (Å²) < 4.78 is 5.58. The van der Waals surface area contributed by atoms with E-state index in [2.05, 4.69) is 6.07 Å². The molecular formula is C12H15NO. The molecule has 1 rings (SSSR count). The van der Waals surface area contributed by atoms with Crippen molar-refractivity contribution in [1.29, 1.82) is 5.26 Å². The van der Waals surface area contributed by atoms with Gasteiger partial charge in [-0.25, -0.2) is 0 Å². The van der Waals surface area contributed by atoms with E-state index in [0.717, 1.165) is 12.0 Å². The SMILES string of the molecule is CCO[C@H](CCC#N)c1ccccc1. The summed E-state index contributed by atoms with van der Waals surface area (Å²) in [6.45, 7) is 2.66. The molecule has 74 valence electrons. The monoisotopic (exact) mass is 189 g/mol. The highest BCUT2D eigenvalue weighted by atomic mass is 16.5. The molecule has 0 aliphatic heterocycles. The molecule has 2 nitrogen and oxygen atoms in total. The van der Waals surface area contributed by atoms with E-state index in [0.29, 0.717) is 13.0 Å². The van der Waals surface area contributed by atoms with Gasteiger partial charge in [0.2, 0.25) is 0 Å². The molecule has 0 aliphatic carbocycles. The van der Waals surface area contributed by atoms with Crippen LogP contribution < -0.4 is 0 Å². The summed E-state index contributed by atoms with van der Waals surface area (Å²) in [7, 11) is 0. The zero-order valence-electron chi connectivity index (χ0n) is 8.44. The van der Waals surface area contributed by atoms with E-state index in [1.807, 2.05) is 37.3 Å². The Hall–Kier alpha value is -1.33. The van der Waals surface area contributed by atoms with Gasteiger partial charge in [0.05, 0.1) is 12.2 Å². The quantitative estimate of drug-likeness (QED) is 0.713. The fourth-order valence-corrected chi connectivity index (χ4v) is 1.41. The highest BCUT2D eigenvalue weighted by Crippen LogP contribution is 2.21. The molecule has 0 N–H and O–H groups in total. The molecule has 1 aromatic carbocycles. The third kappa shape index (κ3) is 3.20. The standard InChI is InChI=1S/C12H15NO/c1-2-14-12(9-6-10-13)11-7-4-3-5-8-11/h3-5,7-8,12H,2,6,9H2,1H3/t12-/m1/s1. The summed E-state index contributed by atoms with van der Waals surface area (Å²) in [4.78, 5) is 0. The van der Waals surface area contributed by atoms with Gasteiger partial charge < -0.3 is 4.74 Å². The maximum absolute atomic E-state index is 8.52. The molecule has 0 spiro atoms. The maximum atomic E-state index is 8.52. The predicted octanol–water partition coefficient (Wildman–Crippen LogP) is 3.07. The van der Waals surface area contributed by atoms with Crippen molar-refractivity contribution in [1.82, 2.24) is 0 Å². The fourth-order valence-electron chi connectivity index (χ4n) is 1.41. The van der Waals surface area contributed by atoms with Crippen LogP contribution in [0.2, 0.25) is 0 Å². The van der Waals surface area contributed by atoms with Gasteiger partial charge >= 0.3 is 0 Å². The summed E-state index contributed by atoms with van der Waals surface area (Å²) in [5.41, 5.74) is 1.16. The van der Waals surface area contributed by atoms with E-state index in [4.69, 9.17) is 10.00 Å². The number of benzene rings is 1. The first-order valence-electron chi connectivity index (χ1n) is 4.92. The number of hydrogen-bond donors (Lipinski definition) is 0. The molecule has 0 aromatic heterocycles. The third-order valence-electron chi connectivity index (χ3n) is 2.06. The maximum Gasteiger partial charge on any atom is 0.0834 e. The van der Waals surface area contributed by atoms with E-state index in [-0.39, 0.29) is 6.10 Å². The first-order chi connectivity index (χ1) is 6.88. The highest BCUT2D eigenvalue weighted by molar-refractivity contribution is 5.17. The molecule has 0 saturated carbocycles. The van der Waals surface area contributed by atoms with E-state index in [9.17, 15) is 0 Å². The van der Waals surface area contributed by atoms with Crippen molar-refractivity contribution in [2.24, 2.45) is 0 Å². The minimum absolute atomic E-state index is 0.0702. The molecule has 0 heterocycles. The largest absolute Gasteiger partial charge is 0.374 e. The Morgan fingerprint density at radius 3 is 2.64 bits per heavy atom. The van der Waals surface area contributed by atoms with Gasteiger partial charge in [-0.15, -0.1) is 0 Å². The average molecular weight is 189 g/mol. The van der Waals surface area contributed by atoms with Gasteiger partial charge in [0.15, 0.2) is 0 Å². The van der Waals surface area contributed by atoms with Crippen molar-refractivity contribution in [3.63, 3.8) is 0 Å². The van der Waals surface area contributed by atoms with Crippen LogP contribution >= 0.6 is 0 Å². The van der Waals surface area contributed by atoms with Crippen LogP contribution in [0.5, 0.6) is 0 Å². The molecule has 14 heavy (non-hydrogen) atoms. The Labute approximate surface area is 85.1 Å². The molecule has 0 unspecified atom stereocenters. The van der Waals surface area contributed by atoms with Crippen LogP contribution in [-0.2, 0) is 4.74 Å². The second-order valence-corrected chi connectivity index (χ2v) is 3.05. The molecule has 0 radical (unpaired) electrons. The Bertz CT molecular complexity index is 289. The lowest BCUT2D eigenvalue weighted by Crippen LogP contribution is -2.03. The second-order valence-electron chi connectivity index (χ2n) is 3.05. The van der Waals surface area contributed by atoms with Crippen LogP contribution in [-0.4, -0.2) is 6.61 Å². The first kappa shape index (κ1) is 10.7. The summed E-state index contributed by atoms with van der Waals surface area (Å²) in [5.74, 6) is 0. The Morgan fingerprint density at radius 2 is 2.07 bits per heavy atom. The number of ether oxygens (including phenoxy) is 1. The van der Waals surface area contributed by atoms with Gasteiger partial charge in [-0.2, -0.15) is 5.26 Å². The van der Waals surface area contributed by atoms with Gasteiger partial charge in [-0.05, 0) is 18.9 Å². The predicted molar refractivity (Wildman–Crippen MR) is 55.7 cm³/mol. The zero-order valence-corrected chi connectivity index (χ0v) is 8.44. The minimum Gasteiger partial charge on any atom is -0.374 e. The third-order valence-corrected chi connectivity index (χ3v) is 2.06. The number of hydrogen-bond acceptors (Lipinski definition) is 2. The lowest BCUT2D eigenvalue weighted by molar-refractivity contribution is 0.0572. The second kappa shape index (κ2) is 6.17. The number of rotatable bonds is 5. The van der Waals surface area contributed by atoms with Crippen LogP contribution in [0.15, 0.2) is 30.3 Å². The van der Waals surface area contributed by atoms with Crippen molar-refractivity contribution >= 4 is 0 Å². The van der Waals surface area contributed by atoms with Crippen molar-refractivity contribution in [3.8, 4) is 6.07 Å². The van der Waals surface area contributed by atoms with Gasteiger partial charge in [0, 0.05) is 13.0 Å². The average Bonchev–Trinajstić information content (AvgIpc) is 2.25. The van der Waals surface area contributed by atoms with Crippen molar-refractivity contribution in [2.45, 2.75) is 25.9 Å². The molecule has 1 aromatic rings. The van der Waals surface area contributed by atoms with E-state index >= 15 is 0 Å². The molecule has 0 aliphatic rings. The van der Waals surface area contributed by atoms with Crippen molar-refractivity contribution in [2.75, 3.05) is 6.61 Å². The molecular weight excluding hydrogens is 174 g/mol. The van der Waals surface area contributed by atoms with Crippen molar-refractivity contribution < 1.29 is 4.74 Å². The minimum atomic E-state index is 0.0702. The molecule has 1 atom stereocenters. The molecule has 0 saturated heterocycles. The van der Waals surface area contributed by atoms with Gasteiger partial charge in [-0.3, -0.25) is 0 Å². The summed E-state index contributed by atoms with van der Waals surface area (Å²) in [5, 5.41) is 8.52. The fraction of sp³-hybridized carbons (Fsp3) is 0.417.